The zero-order valence-electron chi connectivity index (χ0n) is 16.9. The second kappa shape index (κ2) is 8.07. The summed E-state index contributed by atoms with van der Waals surface area (Å²) in [4.78, 5) is 27.2. The van der Waals surface area contributed by atoms with Crippen molar-refractivity contribution in [1.82, 2.24) is 4.90 Å². The first-order valence-corrected chi connectivity index (χ1v) is 10.1. The quantitative estimate of drug-likeness (QED) is 0.781. The molecule has 0 aromatic heterocycles. The molecule has 0 aliphatic carbocycles. The summed E-state index contributed by atoms with van der Waals surface area (Å²) in [6.07, 6.45) is 1.38. The number of amides is 2. The average Bonchev–Trinajstić information content (AvgIpc) is 2.74. The Balaban J connectivity index is 1.46. The van der Waals surface area contributed by atoms with E-state index in [1.165, 1.54) is 7.11 Å². The van der Waals surface area contributed by atoms with Gasteiger partial charge in [-0.25, -0.2) is 4.79 Å². The molecule has 8 heteroatoms. The van der Waals surface area contributed by atoms with Gasteiger partial charge in [0.2, 0.25) is 0 Å². The Hall–Kier alpha value is -2.93. The van der Waals surface area contributed by atoms with Gasteiger partial charge >= 0.3 is 6.03 Å². The largest absolute Gasteiger partial charge is 0.496 e. The molecule has 1 saturated heterocycles. The third-order valence-corrected chi connectivity index (χ3v) is 5.89. The molecule has 0 bridgehead atoms. The number of likely N-dealkylation sites (tertiary alicyclic amines) is 1. The monoisotopic (exact) mass is 430 g/mol. The Bertz CT molecular complexity index is 968. The lowest BCUT2D eigenvalue weighted by molar-refractivity contribution is -0.0000937. The van der Waals surface area contributed by atoms with Gasteiger partial charge in [0.05, 0.1) is 20.6 Å². The fourth-order valence-electron chi connectivity index (χ4n) is 3.98. The van der Waals surface area contributed by atoms with Crippen LogP contribution >= 0.6 is 11.6 Å². The number of Topliss-reactive ketones (excluding diaryl/α,β-unsaturated/α-hetero) is 1. The van der Waals surface area contributed by atoms with Crippen LogP contribution in [0, 0.1) is 0 Å². The van der Waals surface area contributed by atoms with Gasteiger partial charge in [-0.05, 0) is 24.3 Å². The van der Waals surface area contributed by atoms with E-state index < -0.39 is 5.60 Å². The molecule has 2 heterocycles. The molecule has 0 atom stereocenters. The zero-order chi connectivity index (χ0) is 21.3. The molecule has 7 nitrogen and oxygen atoms in total. The molecule has 30 heavy (non-hydrogen) atoms. The Morgan fingerprint density at radius 2 is 1.83 bits per heavy atom. The zero-order valence-corrected chi connectivity index (χ0v) is 17.6. The number of halogens is 1. The van der Waals surface area contributed by atoms with Crippen molar-refractivity contribution < 1.29 is 23.8 Å². The maximum atomic E-state index is 12.9. The number of rotatable bonds is 3. The molecule has 2 aromatic carbocycles. The van der Waals surface area contributed by atoms with E-state index in [4.69, 9.17) is 25.8 Å². The lowest BCUT2D eigenvalue weighted by atomic mass is 9.82. The van der Waals surface area contributed by atoms with Crippen molar-refractivity contribution in [2.45, 2.75) is 24.9 Å². The molecular weight excluding hydrogens is 408 g/mol. The molecular formula is C22H23ClN2O5. The van der Waals surface area contributed by atoms with Gasteiger partial charge in [-0.1, -0.05) is 11.6 Å². The first-order valence-electron chi connectivity index (χ1n) is 9.73. The number of fused-ring (bicyclic) bond motifs is 1. The van der Waals surface area contributed by atoms with E-state index in [0.29, 0.717) is 59.5 Å². The van der Waals surface area contributed by atoms with Gasteiger partial charge in [0.1, 0.15) is 28.4 Å². The molecule has 1 fully saturated rings. The van der Waals surface area contributed by atoms with Crippen molar-refractivity contribution in [3.8, 4) is 17.2 Å². The summed E-state index contributed by atoms with van der Waals surface area (Å²) in [5.74, 6) is 1.47. The highest BCUT2D eigenvalue weighted by atomic mass is 35.5. The number of urea groups is 1. The highest BCUT2D eigenvalue weighted by Crippen LogP contribution is 2.44. The number of hydrogen-bond acceptors (Lipinski definition) is 5. The Kier molecular flexibility index (Phi) is 5.47. The third kappa shape index (κ3) is 3.89. The molecule has 2 aliphatic rings. The summed E-state index contributed by atoms with van der Waals surface area (Å²) in [6, 6.07) is 10.2. The fraction of sp³-hybridized carbons (Fsp3) is 0.364. The minimum absolute atomic E-state index is 0.0187. The van der Waals surface area contributed by atoms with Crippen LogP contribution in [-0.4, -0.2) is 49.6 Å². The van der Waals surface area contributed by atoms with Crippen LogP contribution in [0.2, 0.25) is 5.02 Å². The Morgan fingerprint density at radius 1 is 1.13 bits per heavy atom. The lowest BCUT2D eigenvalue weighted by Crippen LogP contribution is -2.53. The molecule has 0 saturated carbocycles. The molecule has 1 spiro atoms. The van der Waals surface area contributed by atoms with Crippen molar-refractivity contribution >= 4 is 29.1 Å². The minimum Gasteiger partial charge on any atom is -0.496 e. The van der Waals surface area contributed by atoms with Gasteiger partial charge in [0.15, 0.2) is 5.78 Å². The molecule has 0 radical (unpaired) electrons. The predicted molar refractivity (Wildman–Crippen MR) is 113 cm³/mol. The van der Waals surface area contributed by atoms with Gasteiger partial charge in [-0.2, -0.15) is 0 Å². The van der Waals surface area contributed by atoms with Crippen LogP contribution < -0.4 is 19.5 Å². The first-order chi connectivity index (χ1) is 14.4. The molecule has 2 aromatic rings. The number of hydrogen-bond donors (Lipinski definition) is 1. The second-order valence-corrected chi connectivity index (χ2v) is 7.95. The summed E-state index contributed by atoms with van der Waals surface area (Å²) in [7, 11) is 3.07. The minimum atomic E-state index is -0.626. The van der Waals surface area contributed by atoms with E-state index in [0.717, 1.165) is 0 Å². The van der Waals surface area contributed by atoms with E-state index in [2.05, 4.69) is 5.32 Å². The number of anilines is 1. The van der Waals surface area contributed by atoms with Gasteiger partial charge in [0.25, 0.3) is 0 Å². The van der Waals surface area contributed by atoms with Crippen molar-refractivity contribution in [1.29, 1.82) is 0 Å². The number of carbonyl (C=O) groups excluding carboxylic acids is 2. The summed E-state index contributed by atoms with van der Waals surface area (Å²) in [5, 5.41) is 3.48. The summed E-state index contributed by atoms with van der Waals surface area (Å²) in [6.45, 7) is 0.978. The van der Waals surface area contributed by atoms with Crippen LogP contribution in [-0.2, 0) is 0 Å². The van der Waals surface area contributed by atoms with Gasteiger partial charge in [-0.3, -0.25) is 4.79 Å². The molecule has 2 aliphatic heterocycles. The maximum absolute atomic E-state index is 12.9. The summed E-state index contributed by atoms with van der Waals surface area (Å²) in [5.41, 5.74) is 0.507. The second-order valence-electron chi connectivity index (χ2n) is 7.51. The topological polar surface area (TPSA) is 77.1 Å². The molecule has 0 unspecified atom stereocenters. The predicted octanol–water partition coefficient (Wildman–Crippen LogP) is 4.39. The first kappa shape index (κ1) is 20.3. The van der Waals surface area contributed by atoms with Crippen LogP contribution in [0.4, 0.5) is 10.5 Å². The molecule has 158 valence electrons. The van der Waals surface area contributed by atoms with E-state index in [1.807, 2.05) is 0 Å². The number of benzene rings is 2. The third-order valence-electron chi connectivity index (χ3n) is 5.64. The van der Waals surface area contributed by atoms with Crippen LogP contribution in [0.5, 0.6) is 17.2 Å². The molecule has 4 rings (SSSR count). The van der Waals surface area contributed by atoms with Crippen molar-refractivity contribution in [3.05, 3.63) is 47.0 Å². The van der Waals surface area contributed by atoms with Gasteiger partial charge in [0, 0.05) is 48.8 Å². The maximum Gasteiger partial charge on any atom is 0.321 e. The highest BCUT2D eigenvalue weighted by molar-refractivity contribution is 6.30. The number of piperidine rings is 1. The SMILES string of the molecule is COc1cc(OC)c2c(c1)OC1(CCN(C(=O)Nc3ccc(Cl)cc3)CC1)CC2=O. The number of nitrogens with one attached hydrogen (secondary N) is 1. The van der Waals surface area contributed by atoms with Gasteiger partial charge in [-0.15, -0.1) is 0 Å². The summed E-state index contributed by atoms with van der Waals surface area (Å²) < 4.78 is 17.0. The van der Waals surface area contributed by atoms with E-state index >= 15 is 0 Å². The highest BCUT2D eigenvalue weighted by Gasteiger charge is 2.45. The standard InChI is InChI=1S/C22H23ClN2O5/c1-28-16-11-18(29-2)20-17(26)13-22(30-19(20)12-16)7-9-25(10-8-22)21(27)24-15-5-3-14(23)4-6-15/h3-6,11-12H,7-10,13H2,1-2H3,(H,24,27). The Labute approximate surface area is 179 Å². The van der Waals surface area contributed by atoms with Crippen LogP contribution in [0.15, 0.2) is 36.4 Å². The Morgan fingerprint density at radius 3 is 2.47 bits per heavy atom. The average molecular weight is 431 g/mol. The van der Waals surface area contributed by atoms with Crippen molar-refractivity contribution in [2.75, 3.05) is 32.6 Å². The smallest absolute Gasteiger partial charge is 0.321 e. The van der Waals surface area contributed by atoms with Crippen molar-refractivity contribution in [2.24, 2.45) is 0 Å². The number of carbonyl (C=O) groups is 2. The van der Waals surface area contributed by atoms with E-state index in [-0.39, 0.29) is 18.2 Å². The van der Waals surface area contributed by atoms with E-state index in [9.17, 15) is 9.59 Å². The number of nitrogens with zero attached hydrogens (tertiary/aromatic N) is 1. The number of ether oxygens (including phenoxy) is 3. The molecule has 2 amide bonds. The number of ketones is 1. The van der Waals surface area contributed by atoms with Crippen LogP contribution in [0.25, 0.3) is 0 Å². The number of methoxy groups -OCH3 is 2. The lowest BCUT2D eigenvalue weighted by Gasteiger charge is -2.44. The van der Waals surface area contributed by atoms with Crippen LogP contribution in [0.3, 0.4) is 0 Å². The molecule has 1 N–H and O–H groups in total. The fourth-order valence-corrected chi connectivity index (χ4v) is 4.11. The normalized spacial score (nSPS) is 17.2. The van der Waals surface area contributed by atoms with Crippen molar-refractivity contribution in [3.63, 3.8) is 0 Å². The summed E-state index contributed by atoms with van der Waals surface area (Å²) >= 11 is 5.89. The van der Waals surface area contributed by atoms with Gasteiger partial charge < -0.3 is 24.4 Å². The van der Waals surface area contributed by atoms with E-state index in [1.54, 1.807) is 48.4 Å². The van der Waals surface area contributed by atoms with Crippen LogP contribution in [0.1, 0.15) is 29.6 Å².